The molecule has 1 N–H and O–H groups in total. The molecule has 0 amide bonds. The molecule has 0 saturated heterocycles. The van der Waals surface area contributed by atoms with Gasteiger partial charge in [-0.05, 0) is 32.0 Å². The highest BCUT2D eigenvalue weighted by Crippen LogP contribution is 2.18. The number of carbonyl (C=O) groups excluding carboxylic acids is 1. The average molecular weight is 338 g/mol. The van der Waals surface area contributed by atoms with Gasteiger partial charge in [-0.1, -0.05) is 11.6 Å². The standard InChI is InChI=1S/C16H17ClFN3O2/c1-4-20(3)10(2)15-13(7-8-22)19-21(16(15)23)14-6-5-11(18)9-12(14)17/h5-9,19H,4H2,1-3H3/b13-7+,15-10+. The quantitative estimate of drug-likeness (QED) is 0.847. The molecule has 0 bridgehead atoms. The van der Waals surface area contributed by atoms with E-state index in [1.807, 2.05) is 18.9 Å². The third-order valence-electron chi connectivity index (χ3n) is 3.71. The zero-order chi connectivity index (χ0) is 17.1. The van der Waals surface area contributed by atoms with Crippen LogP contribution in [0.4, 0.5) is 4.39 Å². The summed E-state index contributed by atoms with van der Waals surface area (Å²) in [5.41, 5.74) is 0.681. The molecule has 2 aromatic rings. The van der Waals surface area contributed by atoms with Crippen molar-refractivity contribution < 1.29 is 9.18 Å². The monoisotopic (exact) mass is 337 g/mol. The number of benzene rings is 1. The molecule has 1 aromatic carbocycles. The molecule has 0 fully saturated rings. The smallest absolute Gasteiger partial charge is 0.280 e. The third kappa shape index (κ3) is 3.22. The number of hydrogen-bond donors (Lipinski definition) is 1. The number of aldehydes is 1. The number of aromatic nitrogens is 2. The van der Waals surface area contributed by atoms with Crippen molar-refractivity contribution in [3.63, 3.8) is 0 Å². The predicted octanol–water partition coefficient (Wildman–Crippen LogP) is 1.02. The summed E-state index contributed by atoms with van der Waals surface area (Å²) < 4.78 is 14.4. The molecule has 0 saturated carbocycles. The van der Waals surface area contributed by atoms with Gasteiger partial charge in [0.25, 0.3) is 5.56 Å². The van der Waals surface area contributed by atoms with Gasteiger partial charge in [0.1, 0.15) is 12.1 Å². The first-order chi connectivity index (χ1) is 10.9. The summed E-state index contributed by atoms with van der Waals surface area (Å²) in [6.07, 6.45) is 1.88. The Hall–Kier alpha value is -2.34. The largest absolute Gasteiger partial charge is 0.378 e. The molecule has 7 heteroatoms. The van der Waals surface area contributed by atoms with E-state index in [2.05, 4.69) is 5.10 Å². The van der Waals surface area contributed by atoms with Crippen molar-refractivity contribution in [1.29, 1.82) is 0 Å². The number of nitrogens with zero attached hydrogens (tertiary/aromatic N) is 2. The van der Waals surface area contributed by atoms with Gasteiger partial charge >= 0.3 is 0 Å². The molecule has 0 aliphatic carbocycles. The van der Waals surface area contributed by atoms with Gasteiger partial charge in [0.15, 0.2) is 0 Å². The Morgan fingerprint density at radius 2 is 2.17 bits per heavy atom. The SMILES string of the molecule is CCN(C)/C(C)=c1/c(=O)n(-c2ccc(F)cc2Cl)[nH]/c1=C/C=O. The number of aromatic amines is 1. The van der Waals surface area contributed by atoms with E-state index < -0.39 is 5.82 Å². The summed E-state index contributed by atoms with van der Waals surface area (Å²) in [7, 11) is 1.85. The second-order valence-corrected chi connectivity index (χ2v) is 5.45. The Bertz CT molecular complexity index is 914. The first-order valence-corrected chi connectivity index (χ1v) is 7.42. The number of halogens is 2. The number of H-pyrrole nitrogens is 1. The second kappa shape index (κ2) is 6.83. The molecule has 0 aliphatic heterocycles. The maximum absolute atomic E-state index is 13.2. The summed E-state index contributed by atoms with van der Waals surface area (Å²) in [5.74, 6) is -0.494. The fourth-order valence-electron chi connectivity index (χ4n) is 2.25. The highest BCUT2D eigenvalue weighted by molar-refractivity contribution is 6.32. The minimum Gasteiger partial charge on any atom is -0.378 e. The van der Waals surface area contributed by atoms with Crippen LogP contribution >= 0.6 is 11.6 Å². The summed E-state index contributed by atoms with van der Waals surface area (Å²) in [6, 6.07) is 3.75. The third-order valence-corrected chi connectivity index (χ3v) is 4.02. The van der Waals surface area contributed by atoms with Crippen molar-refractivity contribution in [3.05, 3.63) is 50.0 Å². The molecular weight excluding hydrogens is 321 g/mol. The number of hydrogen-bond acceptors (Lipinski definition) is 3. The molecule has 0 atom stereocenters. The fourth-order valence-corrected chi connectivity index (χ4v) is 2.50. The molecule has 1 aromatic heterocycles. The maximum Gasteiger partial charge on any atom is 0.280 e. The molecule has 0 radical (unpaired) electrons. The van der Waals surface area contributed by atoms with E-state index in [-0.39, 0.29) is 10.6 Å². The zero-order valence-electron chi connectivity index (χ0n) is 13.1. The molecule has 23 heavy (non-hydrogen) atoms. The Morgan fingerprint density at radius 3 is 2.74 bits per heavy atom. The van der Waals surface area contributed by atoms with Gasteiger partial charge < -0.3 is 4.90 Å². The number of nitrogens with one attached hydrogen (secondary N) is 1. The van der Waals surface area contributed by atoms with Crippen LogP contribution in [0.3, 0.4) is 0 Å². The van der Waals surface area contributed by atoms with Gasteiger partial charge in [-0.3, -0.25) is 14.7 Å². The van der Waals surface area contributed by atoms with Crippen LogP contribution in [0.25, 0.3) is 17.5 Å². The van der Waals surface area contributed by atoms with Crippen LogP contribution in [0.5, 0.6) is 0 Å². The van der Waals surface area contributed by atoms with Crippen LogP contribution in [0.2, 0.25) is 5.02 Å². The second-order valence-electron chi connectivity index (χ2n) is 5.04. The highest BCUT2D eigenvalue weighted by Gasteiger charge is 2.12. The lowest BCUT2D eigenvalue weighted by Gasteiger charge is -2.16. The van der Waals surface area contributed by atoms with Gasteiger partial charge in [-0.2, -0.15) is 0 Å². The normalized spacial score (nSPS) is 13.2. The van der Waals surface area contributed by atoms with E-state index in [1.165, 1.54) is 22.9 Å². The average Bonchev–Trinajstić information content (AvgIpc) is 2.82. The summed E-state index contributed by atoms with van der Waals surface area (Å²) in [5, 5.41) is 3.70. The van der Waals surface area contributed by atoms with Crippen molar-refractivity contribution in [2.45, 2.75) is 13.8 Å². The Labute approximate surface area is 137 Å². The lowest BCUT2D eigenvalue weighted by atomic mass is 10.3. The Kier molecular flexibility index (Phi) is 5.05. The topological polar surface area (TPSA) is 58.1 Å². The van der Waals surface area contributed by atoms with E-state index in [0.29, 0.717) is 29.1 Å². The number of carbonyl (C=O) groups is 1. The molecule has 0 aliphatic rings. The van der Waals surface area contributed by atoms with Gasteiger partial charge in [-0.15, -0.1) is 0 Å². The van der Waals surface area contributed by atoms with Crippen LogP contribution in [0.15, 0.2) is 23.0 Å². The van der Waals surface area contributed by atoms with Gasteiger partial charge in [-0.25, -0.2) is 9.07 Å². The maximum atomic E-state index is 13.2. The fraction of sp³-hybridized carbons (Fsp3) is 0.250. The minimum atomic E-state index is -0.494. The summed E-state index contributed by atoms with van der Waals surface area (Å²) in [4.78, 5) is 25.5. The lowest BCUT2D eigenvalue weighted by Crippen LogP contribution is -2.40. The molecular formula is C16H17ClFN3O2. The Morgan fingerprint density at radius 1 is 1.48 bits per heavy atom. The van der Waals surface area contributed by atoms with Crippen LogP contribution in [-0.2, 0) is 4.79 Å². The zero-order valence-corrected chi connectivity index (χ0v) is 13.8. The van der Waals surface area contributed by atoms with Gasteiger partial charge in [0, 0.05) is 25.4 Å². The van der Waals surface area contributed by atoms with E-state index >= 15 is 0 Å². The summed E-state index contributed by atoms with van der Waals surface area (Å²) in [6.45, 7) is 4.45. The Balaban J connectivity index is 2.88. The molecule has 122 valence electrons. The molecule has 0 spiro atoms. The molecule has 2 rings (SSSR count). The minimum absolute atomic E-state index is 0.0963. The summed E-state index contributed by atoms with van der Waals surface area (Å²) >= 11 is 6.03. The van der Waals surface area contributed by atoms with Crippen molar-refractivity contribution in [1.82, 2.24) is 14.7 Å². The van der Waals surface area contributed by atoms with Crippen molar-refractivity contribution in [3.8, 4) is 5.69 Å². The van der Waals surface area contributed by atoms with Crippen LogP contribution in [0.1, 0.15) is 13.8 Å². The highest BCUT2D eigenvalue weighted by atomic mass is 35.5. The van der Waals surface area contributed by atoms with E-state index in [1.54, 1.807) is 6.92 Å². The van der Waals surface area contributed by atoms with Gasteiger partial charge in [0.2, 0.25) is 0 Å². The van der Waals surface area contributed by atoms with Crippen molar-refractivity contribution >= 4 is 29.7 Å². The van der Waals surface area contributed by atoms with Gasteiger partial charge in [0.05, 0.1) is 21.3 Å². The van der Waals surface area contributed by atoms with Crippen LogP contribution in [0, 0.1) is 5.82 Å². The van der Waals surface area contributed by atoms with Crippen molar-refractivity contribution in [2.24, 2.45) is 0 Å². The van der Waals surface area contributed by atoms with E-state index in [9.17, 15) is 14.0 Å². The molecule has 1 heterocycles. The first-order valence-electron chi connectivity index (χ1n) is 7.04. The molecule has 5 nitrogen and oxygen atoms in total. The van der Waals surface area contributed by atoms with Crippen LogP contribution in [-0.4, -0.2) is 34.6 Å². The first kappa shape index (κ1) is 17.0. The predicted molar refractivity (Wildman–Crippen MR) is 88.5 cm³/mol. The molecule has 0 unspecified atom stereocenters. The van der Waals surface area contributed by atoms with E-state index in [0.717, 1.165) is 11.8 Å². The van der Waals surface area contributed by atoms with Crippen LogP contribution < -0.4 is 16.1 Å². The van der Waals surface area contributed by atoms with Crippen molar-refractivity contribution in [2.75, 3.05) is 13.6 Å². The number of rotatable bonds is 4. The lowest BCUT2D eigenvalue weighted by molar-refractivity contribution is -0.103. The van der Waals surface area contributed by atoms with E-state index in [4.69, 9.17) is 11.6 Å².